The molecule has 0 aliphatic carbocycles. The SMILES string of the molecule is CC(C)CCOCCNC(=NCCCN1CCOCC1)NCCc1ccco1. The maximum Gasteiger partial charge on any atom is 0.191 e. The highest BCUT2D eigenvalue weighted by Gasteiger charge is 2.09. The van der Waals surface area contributed by atoms with Crippen molar-refractivity contribution >= 4 is 5.96 Å². The molecule has 0 radical (unpaired) electrons. The Morgan fingerprint density at radius 2 is 2.04 bits per heavy atom. The zero-order valence-corrected chi connectivity index (χ0v) is 17.6. The van der Waals surface area contributed by atoms with E-state index in [2.05, 4.69) is 29.4 Å². The highest BCUT2D eigenvalue weighted by molar-refractivity contribution is 5.79. The quantitative estimate of drug-likeness (QED) is 0.303. The van der Waals surface area contributed by atoms with Crippen LogP contribution in [0.25, 0.3) is 0 Å². The summed E-state index contributed by atoms with van der Waals surface area (Å²) in [4.78, 5) is 7.17. The van der Waals surface area contributed by atoms with E-state index in [9.17, 15) is 0 Å². The number of morpholine rings is 1. The van der Waals surface area contributed by atoms with Crippen molar-refractivity contribution in [2.45, 2.75) is 33.1 Å². The predicted octanol–water partition coefficient (Wildman–Crippen LogP) is 2.14. The summed E-state index contributed by atoms with van der Waals surface area (Å²) in [5.74, 6) is 2.51. The summed E-state index contributed by atoms with van der Waals surface area (Å²) in [6.45, 7) is 13.1. The van der Waals surface area contributed by atoms with Gasteiger partial charge in [0.2, 0.25) is 0 Å². The fourth-order valence-electron chi connectivity index (χ4n) is 2.91. The van der Waals surface area contributed by atoms with Crippen LogP contribution in [0.1, 0.15) is 32.4 Å². The molecule has 0 bridgehead atoms. The summed E-state index contributed by atoms with van der Waals surface area (Å²) in [5, 5.41) is 6.77. The van der Waals surface area contributed by atoms with Crippen LogP contribution in [0, 0.1) is 5.92 Å². The van der Waals surface area contributed by atoms with Crippen LogP contribution in [0.2, 0.25) is 0 Å². The van der Waals surface area contributed by atoms with Crippen LogP contribution < -0.4 is 10.6 Å². The molecule has 28 heavy (non-hydrogen) atoms. The normalized spacial score (nSPS) is 15.9. The van der Waals surface area contributed by atoms with Gasteiger partial charge in [-0.15, -0.1) is 0 Å². The number of nitrogens with one attached hydrogen (secondary N) is 2. The molecule has 0 unspecified atom stereocenters. The van der Waals surface area contributed by atoms with Crippen molar-refractivity contribution in [1.82, 2.24) is 15.5 Å². The van der Waals surface area contributed by atoms with Gasteiger partial charge in [0.1, 0.15) is 5.76 Å². The number of rotatable bonds is 13. The molecule has 0 spiro atoms. The molecule has 0 saturated carbocycles. The summed E-state index contributed by atoms with van der Waals surface area (Å²) >= 11 is 0. The average molecular weight is 395 g/mol. The fraction of sp³-hybridized carbons (Fsp3) is 0.762. The monoisotopic (exact) mass is 394 g/mol. The van der Waals surface area contributed by atoms with E-state index < -0.39 is 0 Å². The summed E-state index contributed by atoms with van der Waals surface area (Å²) < 4.78 is 16.5. The molecule has 7 heteroatoms. The van der Waals surface area contributed by atoms with Gasteiger partial charge in [0, 0.05) is 52.3 Å². The first-order chi connectivity index (χ1) is 13.7. The van der Waals surface area contributed by atoms with Gasteiger partial charge >= 0.3 is 0 Å². The van der Waals surface area contributed by atoms with Gasteiger partial charge in [0.05, 0.1) is 26.1 Å². The molecule has 2 rings (SSSR count). The van der Waals surface area contributed by atoms with Crippen LogP contribution >= 0.6 is 0 Å². The molecule has 1 fully saturated rings. The third-order valence-corrected chi connectivity index (χ3v) is 4.63. The van der Waals surface area contributed by atoms with E-state index in [-0.39, 0.29) is 0 Å². The van der Waals surface area contributed by atoms with Gasteiger partial charge in [-0.2, -0.15) is 0 Å². The summed E-state index contributed by atoms with van der Waals surface area (Å²) in [6, 6.07) is 3.92. The van der Waals surface area contributed by atoms with Crippen molar-refractivity contribution in [3.05, 3.63) is 24.2 Å². The molecule has 160 valence electrons. The summed E-state index contributed by atoms with van der Waals surface area (Å²) in [7, 11) is 0. The minimum Gasteiger partial charge on any atom is -0.469 e. The zero-order valence-electron chi connectivity index (χ0n) is 17.6. The van der Waals surface area contributed by atoms with Gasteiger partial charge in [-0.1, -0.05) is 13.8 Å². The van der Waals surface area contributed by atoms with Crippen LogP contribution in [0.3, 0.4) is 0 Å². The zero-order chi connectivity index (χ0) is 19.9. The maximum atomic E-state index is 5.68. The van der Waals surface area contributed by atoms with Gasteiger partial charge in [-0.3, -0.25) is 9.89 Å². The third-order valence-electron chi connectivity index (χ3n) is 4.63. The van der Waals surface area contributed by atoms with Gasteiger partial charge < -0.3 is 24.5 Å². The van der Waals surface area contributed by atoms with E-state index in [1.165, 1.54) is 0 Å². The molecule has 1 aromatic heterocycles. The average Bonchev–Trinajstić information content (AvgIpc) is 3.21. The second-order valence-electron chi connectivity index (χ2n) is 7.52. The second-order valence-corrected chi connectivity index (χ2v) is 7.52. The third kappa shape index (κ3) is 10.7. The molecular formula is C21H38N4O3. The number of furan rings is 1. The molecule has 0 atom stereocenters. The highest BCUT2D eigenvalue weighted by atomic mass is 16.5. The lowest BCUT2D eigenvalue weighted by Gasteiger charge is -2.26. The Morgan fingerprint density at radius 1 is 1.21 bits per heavy atom. The lowest BCUT2D eigenvalue weighted by Crippen LogP contribution is -2.40. The number of aliphatic imine (C=N–C) groups is 1. The molecule has 1 aromatic rings. The van der Waals surface area contributed by atoms with Crippen molar-refractivity contribution in [3.8, 4) is 0 Å². The van der Waals surface area contributed by atoms with Gasteiger partial charge in [-0.05, 0) is 30.9 Å². The van der Waals surface area contributed by atoms with Crippen LogP contribution in [0.15, 0.2) is 27.8 Å². The Labute approximate surface area is 169 Å². The van der Waals surface area contributed by atoms with E-state index in [1.807, 2.05) is 12.1 Å². The summed E-state index contributed by atoms with van der Waals surface area (Å²) in [5.41, 5.74) is 0. The summed E-state index contributed by atoms with van der Waals surface area (Å²) in [6.07, 6.45) is 4.70. The molecule has 0 amide bonds. The minimum atomic E-state index is 0.680. The van der Waals surface area contributed by atoms with Crippen LogP contribution in [-0.4, -0.2) is 76.6 Å². The molecule has 0 aromatic carbocycles. The first-order valence-corrected chi connectivity index (χ1v) is 10.7. The van der Waals surface area contributed by atoms with E-state index in [4.69, 9.17) is 18.9 Å². The Balaban J connectivity index is 1.65. The first kappa shape index (κ1) is 22.7. The Hall–Kier alpha value is -1.57. The van der Waals surface area contributed by atoms with E-state index in [0.29, 0.717) is 12.5 Å². The lowest BCUT2D eigenvalue weighted by atomic mass is 10.1. The van der Waals surface area contributed by atoms with Crippen molar-refractivity contribution < 1.29 is 13.9 Å². The van der Waals surface area contributed by atoms with Crippen LogP contribution in [-0.2, 0) is 15.9 Å². The molecular weight excluding hydrogens is 356 g/mol. The van der Waals surface area contributed by atoms with Crippen LogP contribution in [0.4, 0.5) is 0 Å². The maximum absolute atomic E-state index is 5.68. The van der Waals surface area contributed by atoms with E-state index in [0.717, 1.165) is 90.1 Å². The highest BCUT2D eigenvalue weighted by Crippen LogP contribution is 2.00. The largest absolute Gasteiger partial charge is 0.469 e. The molecule has 1 aliphatic rings. The van der Waals surface area contributed by atoms with Gasteiger partial charge in [0.15, 0.2) is 5.96 Å². The van der Waals surface area contributed by atoms with Crippen molar-refractivity contribution in [1.29, 1.82) is 0 Å². The Kier molecular flexibility index (Phi) is 11.7. The standard InChI is InChI=1S/C21H38N4O3/c1-19(2)7-15-26-16-10-24-21(23-9-6-20-5-3-14-28-20)22-8-4-11-25-12-17-27-18-13-25/h3,5,14,19H,4,6-13,15-18H2,1-2H3,(H2,22,23,24). The van der Waals surface area contributed by atoms with Gasteiger partial charge in [-0.25, -0.2) is 0 Å². The number of ether oxygens (including phenoxy) is 2. The number of hydrogen-bond donors (Lipinski definition) is 2. The minimum absolute atomic E-state index is 0.680. The topological polar surface area (TPSA) is 71.3 Å². The molecule has 2 heterocycles. The molecule has 2 N–H and O–H groups in total. The van der Waals surface area contributed by atoms with E-state index >= 15 is 0 Å². The predicted molar refractivity (Wildman–Crippen MR) is 113 cm³/mol. The fourth-order valence-corrected chi connectivity index (χ4v) is 2.91. The smallest absolute Gasteiger partial charge is 0.191 e. The van der Waals surface area contributed by atoms with Gasteiger partial charge in [0.25, 0.3) is 0 Å². The second kappa shape index (κ2) is 14.4. The first-order valence-electron chi connectivity index (χ1n) is 10.7. The Bertz CT molecular complexity index is 514. The number of nitrogens with zero attached hydrogens (tertiary/aromatic N) is 2. The van der Waals surface area contributed by atoms with Crippen LogP contribution in [0.5, 0.6) is 0 Å². The van der Waals surface area contributed by atoms with E-state index in [1.54, 1.807) is 6.26 Å². The number of hydrogen-bond acceptors (Lipinski definition) is 5. The van der Waals surface area contributed by atoms with Crippen molar-refractivity contribution in [3.63, 3.8) is 0 Å². The van der Waals surface area contributed by atoms with Crippen molar-refractivity contribution in [2.24, 2.45) is 10.9 Å². The van der Waals surface area contributed by atoms with Crippen molar-refractivity contribution in [2.75, 3.05) is 65.7 Å². The molecule has 1 aliphatic heterocycles. The Morgan fingerprint density at radius 3 is 2.79 bits per heavy atom. The number of guanidine groups is 1. The lowest BCUT2D eigenvalue weighted by molar-refractivity contribution is 0.0377. The molecule has 7 nitrogen and oxygen atoms in total. The molecule has 1 saturated heterocycles.